The van der Waals surface area contributed by atoms with Gasteiger partial charge in [0.15, 0.2) is 0 Å². The van der Waals surface area contributed by atoms with E-state index in [-0.39, 0.29) is 11.9 Å². The second-order valence-corrected chi connectivity index (χ2v) is 8.45. The van der Waals surface area contributed by atoms with Crippen molar-refractivity contribution in [1.29, 1.82) is 0 Å². The number of aryl methyl sites for hydroxylation is 2. The highest BCUT2D eigenvalue weighted by Gasteiger charge is 2.21. The third-order valence-corrected chi connectivity index (χ3v) is 6.12. The fourth-order valence-electron chi connectivity index (χ4n) is 3.90. The smallest absolute Gasteiger partial charge is 0.220 e. The molecule has 1 aromatic heterocycles. The summed E-state index contributed by atoms with van der Waals surface area (Å²) in [4.78, 5) is 17.5. The first-order valence-electron chi connectivity index (χ1n) is 10.1. The Morgan fingerprint density at radius 3 is 3.00 bits per heavy atom. The predicted molar refractivity (Wildman–Crippen MR) is 119 cm³/mol. The molecule has 2 heterocycles. The van der Waals surface area contributed by atoms with E-state index in [0.29, 0.717) is 6.42 Å². The van der Waals surface area contributed by atoms with Crippen LogP contribution in [0.25, 0.3) is 11.0 Å². The minimum absolute atomic E-state index is 0.0694. The molecule has 1 aliphatic heterocycles. The van der Waals surface area contributed by atoms with Crippen LogP contribution in [0.3, 0.4) is 0 Å². The summed E-state index contributed by atoms with van der Waals surface area (Å²) in [5.41, 5.74) is 4.49. The van der Waals surface area contributed by atoms with Crippen LogP contribution in [0.5, 0.6) is 5.75 Å². The van der Waals surface area contributed by atoms with E-state index in [1.807, 2.05) is 31.3 Å². The number of imidazole rings is 1. The standard InChI is InChI=1S/C23H27N3O2S/c1-26-20-6-4-3-5-18(20)25-23(26)19(12-14-29-2)24-22(27)10-8-16-7-9-21-17(15-16)11-13-28-21/h3-7,9,15,19H,8,10-14H2,1-2H3,(H,24,27). The zero-order chi connectivity index (χ0) is 20.2. The van der Waals surface area contributed by atoms with Crippen molar-refractivity contribution in [2.24, 2.45) is 7.05 Å². The Kier molecular flexibility index (Phi) is 6.09. The van der Waals surface area contributed by atoms with Gasteiger partial charge in [0, 0.05) is 19.9 Å². The zero-order valence-corrected chi connectivity index (χ0v) is 17.8. The van der Waals surface area contributed by atoms with Gasteiger partial charge in [-0.2, -0.15) is 11.8 Å². The van der Waals surface area contributed by atoms with Gasteiger partial charge in [0.25, 0.3) is 0 Å². The molecular formula is C23H27N3O2S. The van der Waals surface area contributed by atoms with Gasteiger partial charge in [0.05, 0.1) is 23.7 Å². The molecule has 4 rings (SSSR count). The Balaban J connectivity index is 1.44. The lowest BCUT2D eigenvalue weighted by atomic mass is 10.0. The Labute approximate surface area is 175 Å². The van der Waals surface area contributed by atoms with Crippen LogP contribution in [0.2, 0.25) is 0 Å². The third-order valence-electron chi connectivity index (χ3n) is 5.47. The monoisotopic (exact) mass is 409 g/mol. The number of nitrogens with zero attached hydrogens (tertiary/aromatic N) is 2. The van der Waals surface area contributed by atoms with E-state index in [1.54, 1.807) is 11.8 Å². The number of nitrogens with one attached hydrogen (secondary N) is 1. The molecular weight excluding hydrogens is 382 g/mol. The molecule has 0 saturated heterocycles. The maximum Gasteiger partial charge on any atom is 0.220 e. The molecule has 3 aromatic rings. The van der Waals surface area contributed by atoms with Gasteiger partial charge in [-0.3, -0.25) is 4.79 Å². The molecule has 1 atom stereocenters. The Morgan fingerprint density at radius 1 is 1.31 bits per heavy atom. The van der Waals surface area contributed by atoms with E-state index >= 15 is 0 Å². The molecule has 0 fully saturated rings. The van der Waals surface area contributed by atoms with Crippen molar-refractivity contribution in [3.8, 4) is 5.75 Å². The Bertz CT molecular complexity index is 1010. The van der Waals surface area contributed by atoms with Crippen LogP contribution in [-0.2, 0) is 24.7 Å². The lowest BCUT2D eigenvalue weighted by Crippen LogP contribution is -2.31. The average Bonchev–Trinajstić information content (AvgIpc) is 3.34. The third kappa shape index (κ3) is 4.42. The summed E-state index contributed by atoms with van der Waals surface area (Å²) in [7, 11) is 2.02. The number of carbonyl (C=O) groups excluding carboxylic acids is 1. The van der Waals surface area contributed by atoms with Gasteiger partial charge in [-0.25, -0.2) is 4.98 Å². The summed E-state index contributed by atoms with van der Waals surface area (Å²) >= 11 is 1.79. The first-order chi connectivity index (χ1) is 14.2. The molecule has 0 spiro atoms. The van der Waals surface area contributed by atoms with Crippen molar-refractivity contribution in [2.75, 3.05) is 18.6 Å². The van der Waals surface area contributed by atoms with E-state index in [9.17, 15) is 4.79 Å². The maximum absolute atomic E-state index is 12.7. The van der Waals surface area contributed by atoms with Crippen LogP contribution in [0.4, 0.5) is 0 Å². The van der Waals surface area contributed by atoms with E-state index in [4.69, 9.17) is 9.72 Å². The van der Waals surface area contributed by atoms with Gasteiger partial charge in [-0.1, -0.05) is 24.3 Å². The van der Waals surface area contributed by atoms with Crippen molar-refractivity contribution in [3.63, 3.8) is 0 Å². The van der Waals surface area contributed by atoms with Crippen molar-refractivity contribution in [2.45, 2.75) is 31.7 Å². The number of thioether (sulfide) groups is 1. The fourth-order valence-corrected chi connectivity index (χ4v) is 4.37. The first kappa shape index (κ1) is 19.8. The molecule has 0 saturated carbocycles. The molecule has 0 bridgehead atoms. The normalized spacial score (nSPS) is 13.9. The average molecular weight is 410 g/mol. The van der Waals surface area contributed by atoms with E-state index in [0.717, 1.165) is 54.2 Å². The number of aromatic nitrogens is 2. The topological polar surface area (TPSA) is 56.1 Å². The van der Waals surface area contributed by atoms with Crippen LogP contribution < -0.4 is 10.1 Å². The number of amides is 1. The Hall–Kier alpha value is -2.47. The minimum Gasteiger partial charge on any atom is -0.493 e. The number of para-hydroxylation sites is 2. The molecule has 1 aliphatic rings. The zero-order valence-electron chi connectivity index (χ0n) is 17.0. The first-order valence-corrected chi connectivity index (χ1v) is 11.5. The highest BCUT2D eigenvalue weighted by molar-refractivity contribution is 7.98. The molecule has 1 amide bonds. The van der Waals surface area contributed by atoms with Gasteiger partial charge >= 0.3 is 0 Å². The molecule has 0 radical (unpaired) electrons. The van der Waals surface area contributed by atoms with Gasteiger partial charge in [-0.15, -0.1) is 0 Å². The predicted octanol–water partition coefficient (Wildman–Crippen LogP) is 4.05. The van der Waals surface area contributed by atoms with Gasteiger partial charge < -0.3 is 14.6 Å². The molecule has 5 nitrogen and oxygen atoms in total. The number of fused-ring (bicyclic) bond motifs is 2. The van der Waals surface area contributed by atoms with Crippen LogP contribution >= 0.6 is 11.8 Å². The molecule has 152 valence electrons. The number of hydrogen-bond donors (Lipinski definition) is 1. The second kappa shape index (κ2) is 8.91. The Morgan fingerprint density at radius 2 is 2.17 bits per heavy atom. The van der Waals surface area contributed by atoms with E-state index in [2.05, 4.69) is 34.3 Å². The molecule has 2 aromatic carbocycles. The highest BCUT2D eigenvalue weighted by atomic mass is 32.2. The number of ether oxygens (including phenoxy) is 1. The summed E-state index contributed by atoms with van der Waals surface area (Å²) in [6.07, 6.45) is 5.11. The van der Waals surface area contributed by atoms with Crippen molar-refractivity contribution in [1.82, 2.24) is 14.9 Å². The van der Waals surface area contributed by atoms with Gasteiger partial charge in [0.1, 0.15) is 11.6 Å². The van der Waals surface area contributed by atoms with Crippen LogP contribution in [0.15, 0.2) is 42.5 Å². The fraction of sp³-hybridized carbons (Fsp3) is 0.391. The van der Waals surface area contributed by atoms with Crippen molar-refractivity contribution in [3.05, 3.63) is 59.4 Å². The molecule has 1 N–H and O–H groups in total. The molecule has 0 aliphatic carbocycles. The summed E-state index contributed by atoms with van der Waals surface area (Å²) in [5.74, 6) is 2.94. The maximum atomic E-state index is 12.7. The lowest BCUT2D eigenvalue weighted by Gasteiger charge is -2.18. The highest BCUT2D eigenvalue weighted by Crippen LogP contribution is 2.27. The lowest BCUT2D eigenvalue weighted by molar-refractivity contribution is -0.121. The second-order valence-electron chi connectivity index (χ2n) is 7.46. The molecule has 29 heavy (non-hydrogen) atoms. The van der Waals surface area contributed by atoms with Gasteiger partial charge in [0.2, 0.25) is 5.91 Å². The van der Waals surface area contributed by atoms with Crippen LogP contribution in [0, 0.1) is 0 Å². The number of hydrogen-bond acceptors (Lipinski definition) is 4. The number of rotatable bonds is 8. The summed E-state index contributed by atoms with van der Waals surface area (Å²) in [6.45, 7) is 0.758. The van der Waals surface area contributed by atoms with Gasteiger partial charge in [-0.05, 0) is 54.2 Å². The summed E-state index contributed by atoms with van der Waals surface area (Å²) < 4.78 is 7.66. The van der Waals surface area contributed by atoms with Crippen LogP contribution in [-0.4, -0.2) is 34.1 Å². The van der Waals surface area contributed by atoms with Crippen LogP contribution in [0.1, 0.15) is 35.8 Å². The summed E-state index contributed by atoms with van der Waals surface area (Å²) in [5, 5.41) is 3.23. The molecule has 1 unspecified atom stereocenters. The largest absolute Gasteiger partial charge is 0.493 e. The quantitative estimate of drug-likeness (QED) is 0.610. The number of benzene rings is 2. The summed E-state index contributed by atoms with van der Waals surface area (Å²) in [6, 6.07) is 14.3. The van der Waals surface area contributed by atoms with Crippen molar-refractivity contribution < 1.29 is 9.53 Å². The van der Waals surface area contributed by atoms with Crippen molar-refractivity contribution >= 4 is 28.7 Å². The van der Waals surface area contributed by atoms with E-state index < -0.39 is 0 Å². The SMILES string of the molecule is CSCCC(NC(=O)CCc1ccc2c(c1)CCO2)c1nc2ccccc2n1C. The minimum atomic E-state index is -0.0826. The van der Waals surface area contributed by atoms with E-state index in [1.165, 1.54) is 11.1 Å². The molecule has 6 heteroatoms. The number of carbonyl (C=O) groups is 1.